The van der Waals surface area contributed by atoms with Crippen LogP contribution >= 0.6 is 23.2 Å². The highest BCUT2D eigenvalue weighted by Gasteiger charge is 2.41. The van der Waals surface area contributed by atoms with Crippen molar-refractivity contribution in [3.05, 3.63) is 81.2 Å². The third kappa shape index (κ3) is 3.89. The summed E-state index contributed by atoms with van der Waals surface area (Å²) in [7, 11) is 0. The maximum Gasteiger partial charge on any atom is 0.226 e. The summed E-state index contributed by atoms with van der Waals surface area (Å²) in [6.07, 6.45) is 2.79. The van der Waals surface area contributed by atoms with E-state index in [1.54, 1.807) is 16.8 Å². The van der Waals surface area contributed by atoms with E-state index < -0.39 is 0 Å². The van der Waals surface area contributed by atoms with E-state index in [2.05, 4.69) is 29.2 Å². The maximum absolute atomic E-state index is 13.2. The number of carbonyl (C=O) groups is 1. The molecule has 5 rings (SSSR count). The number of Topliss-reactive ketones (excluding diaryl/α,β-unsaturated/α-hetero) is 1. The van der Waals surface area contributed by atoms with Gasteiger partial charge >= 0.3 is 0 Å². The van der Waals surface area contributed by atoms with Gasteiger partial charge in [-0.25, -0.2) is 4.68 Å². The number of aromatic nitrogens is 3. The first kappa shape index (κ1) is 21.0. The van der Waals surface area contributed by atoms with Crippen LogP contribution in [0.5, 0.6) is 5.75 Å². The van der Waals surface area contributed by atoms with E-state index in [0.29, 0.717) is 34.8 Å². The number of halogens is 2. The molecule has 0 fully saturated rings. The molecule has 1 atom stereocenters. The molecule has 1 unspecified atom stereocenters. The summed E-state index contributed by atoms with van der Waals surface area (Å²) in [5.74, 6) is 1.45. The van der Waals surface area contributed by atoms with E-state index in [1.807, 2.05) is 30.3 Å². The average molecular weight is 469 g/mol. The summed E-state index contributed by atoms with van der Waals surface area (Å²) in [4.78, 5) is 17.6. The zero-order chi connectivity index (χ0) is 22.5. The number of rotatable bonds is 4. The minimum atomic E-state index is -0.352. The molecule has 3 aromatic rings. The van der Waals surface area contributed by atoms with Crippen molar-refractivity contribution in [2.75, 3.05) is 5.32 Å². The van der Waals surface area contributed by atoms with Gasteiger partial charge in [0.1, 0.15) is 24.7 Å². The van der Waals surface area contributed by atoms with Crippen molar-refractivity contribution in [1.29, 1.82) is 0 Å². The number of hydrogen-bond donors (Lipinski definition) is 1. The Morgan fingerprint density at radius 3 is 2.84 bits per heavy atom. The van der Waals surface area contributed by atoms with Gasteiger partial charge in [-0.1, -0.05) is 55.2 Å². The summed E-state index contributed by atoms with van der Waals surface area (Å²) in [6, 6.07) is 12.7. The maximum atomic E-state index is 13.2. The van der Waals surface area contributed by atoms with Gasteiger partial charge < -0.3 is 10.1 Å². The second kappa shape index (κ2) is 7.94. The Balaban J connectivity index is 1.49. The van der Waals surface area contributed by atoms with Crippen molar-refractivity contribution >= 4 is 34.9 Å². The zero-order valence-corrected chi connectivity index (χ0v) is 19.2. The van der Waals surface area contributed by atoms with Gasteiger partial charge in [0.05, 0.1) is 0 Å². The van der Waals surface area contributed by atoms with Crippen molar-refractivity contribution in [3.63, 3.8) is 0 Å². The highest BCUT2D eigenvalue weighted by molar-refractivity contribution is 6.35. The smallest absolute Gasteiger partial charge is 0.226 e. The lowest BCUT2D eigenvalue weighted by molar-refractivity contribution is -0.118. The van der Waals surface area contributed by atoms with Crippen LogP contribution in [0.25, 0.3) is 0 Å². The monoisotopic (exact) mass is 468 g/mol. The summed E-state index contributed by atoms with van der Waals surface area (Å²) in [5.41, 5.74) is 3.34. The Morgan fingerprint density at radius 1 is 1.19 bits per heavy atom. The first-order valence-electron chi connectivity index (χ1n) is 10.4. The van der Waals surface area contributed by atoms with Crippen LogP contribution in [0.3, 0.4) is 0 Å². The molecule has 2 heterocycles. The van der Waals surface area contributed by atoms with Gasteiger partial charge in [-0.05, 0) is 41.7 Å². The standard InChI is InChI=1S/C24H22Cl2N4O2/c1-24(2)10-19-21(20(31)11-24)22(30-23(29-19)27-13-28-30)14-4-3-5-17(8-14)32-12-15-6-7-16(25)9-18(15)26/h3-9,13,22H,10-12H2,1-2H3,(H,27,28,29). The minimum absolute atomic E-state index is 0.0987. The number of ether oxygens (including phenoxy) is 1. The molecule has 0 spiro atoms. The van der Waals surface area contributed by atoms with Crippen LogP contribution < -0.4 is 10.1 Å². The number of benzene rings is 2. The Labute approximate surface area is 196 Å². The highest BCUT2D eigenvalue weighted by atomic mass is 35.5. The van der Waals surface area contributed by atoms with E-state index in [0.717, 1.165) is 28.8 Å². The lowest BCUT2D eigenvalue weighted by Gasteiger charge is -2.38. The summed E-state index contributed by atoms with van der Waals surface area (Å²) < 4.78 is 7.79. The third-order valence-corrected chi connectivity index (χ3v) is 6.44. The fraction of sp³-hybridized carbons (Fsp3) is 0.292. The van der Waals surface area contributed by atoms with Crippen molar-refractivity contribution in [2.45, 2.75) is 39.3 Å². The molecule has 0 amide bonds. The molecule has 164 valence electrons. The molecule has 0 saturated heterocycles. The second-order valence-corrected chi connectivity index (χ2v) is 9.83. The molecule has 0 radical (unpaired) electrons. The molecule has 1 aliphatic carbocycles. The van der Waals surface area contributed by atoms with E-state index in [1.165, 1.54) is 6.33 Å². The summed E-state index contributed by atoms with van der Waals surface area (Å²) in [6.45, 7) is 4.53. The molecule has 32 heavy (non-hydrogen) atoms. The number of ketones is 1. The van der Waals surface area contributed by atoms with E-state index >= 15 is 0 Å². The third-order valence-electron chi connectivity index (χ3n) is 5.86. The van der Waals surface area contributed by atoms with Crippen molar-refractivity contribution in [2.24, 2.45) is 5.41 Å². The van der Waals surface area contributed by atoms with Gasteiger partial charge in [-0.2, -0.15) is 10.1 Å². The number of nitrogens with one attached hydrogen (secondary N) is 1. The van der Waals surface area contributed by atoms with Crippen molar-refractivity contribution in [1.82, 2.24) is 14.8 Å². The topological polar surface area (TPSA) is 69.0 Å². The molecule has 1 aromatic heterocycles. The Kier molecular flexibility index (Phi) is 5.22. The predicted molar refractivity (Wildman–Crippen MR) is 124 cm³/mol. The van der Waals surface area contributed by atoms with Crippen molar-refractivity contribution in [3.8, 4) is 5.75 Å². The number of allylic oxidation sites excluding steroid dienone is 2. The molecule has 0 saturated carbocycles. The van der Waals surface area contributed by atoms with Crippen LogP contribution in [0.1, 0.15) is 43.9 Å². The zero-order valence-electron chi connectivity index (χ0n) is 17.7. The lowest BCUT2D eigenvalue weighted by atomic mass is 9.73. The molecule has 2 aromatic carbocycles. The summed E-state index contributed by atoms with van der Waals surface area (Å²) in [5, 5.41) is 8.88. The Hall–Kier alpha value is -2.83. The van der Waals surface area contributed by atoms with Gasteiger partial charge in [0, 0.05) is 33.3 Å². The van der Waals surface area contributed by atoms with Gasteiger partial charge in [-0.3, -0.25) is 4.79 Å². The van der Waals surface area contributed by atoms with Crippen LogP contribution in [0.2, 0.25) is 10.0 Å². The largest absolute Gasteiger partial charge is 0.489 e. The van der Waals surface area contributed by atoms with E-state index in [9.17, 15) is 4.79 Å². The van der Waals surface area contributed by atoms with Gasteiger partial charge in [-0.15, -0.1) is 0 Å². The fourth-order valence-electron chi connectivity index (χ4n) is 4.43. The SMILES string of the molecule is CC1(C)CC(=O)C2=C(C1)Nc1ncnn1C2c1cccc(OCc2ccc(Cl)cc2Cl)c1. The average Bonchev–Trinajstić information content (AvgIpc) is 3.19. The second-order valence-electron chi connectivity index (χ2n) is 8.99. The number of fused-ring (bicyclic) bond motifs is 1. The van der Waals surface area contributed by atoms with Gasteiger partial charge in [0.2, 0.25) is 5.95 Å². The van der Waals surface area contributed by atoms with Crippen LogP contribution in [0.15, 0.2) is 60.1 Å². The number of anilines is 1. The van der Waals surface area contributed by atoms with Gasteiger partial charge in [0.15, 0.2) is 5.78 Å². The summed E-state index contributed by atoms with van der Waals surface area (Å²) >= 11 is 12.3. The van der Waals surface area contributed by atoms with E-state index in [4.69, 9.17) is 27.9 Å². The number of nitrogens with zero attached hydrogens (tertiary/aromatic N) is 3. The van der Waals surface area contributed by atoms with Crippen LogP contribution in [0.4, 0.5) is 5.95 Å². The normalized spacial score (nSPS) is 19.2. The van der Waals surface area contributed by atoms with Crippen LogP contribution in [-0.2, 0) is 11.4 Å². The molecule has 1 aliphatic heterocycles. The molecule has 8 heteroatoms. The molecule has 1 N–H and O–H groups in total. The molecule has 2 aliphatic rings. The first-order chi connectivity index (χ1) is 15.3. The molecular formula is C24H22Cl2N4O2. The number of carbonyl (C=O) groups excluding carboxylic acids is 1. The molecule has 0 bridgehead atoms. The lowest BCUT2D eigenvalue weighted by Crippen LogP contribution is -2.36. The quantitative estimate of drug-likeness (QED) is 0.522. The molecule has 6 nitrogen and oxygen atoms in total. The Morgan fingerprint density at radius 2 is 2.03 bits per heavy atom. The predicted octanol–water partition coefficient (Wildman–Crippen LogP) is 5.82. The Bertz CT molecular complexity index is 1250. The van der Waals surface area contributed by atoms with Crippen molar-refractivity contribution < 1.29 is 9.53 Å². The van der Waals surface area contributed by atoms with Crippen LogP contribution in [-0.4, -0.2) is 20.5 Å². The van der Waals surface area contributed by atoms with Gasteiger partial charge in [0.25, 0.3) is 0 Å². The highest BCUT2D eigenvalue weighted by Crippen LogP contribution is 2.45. The van der Waals surface area contributed by atoms with Crippen LogP contribution in [0, 0.1) is 5.41 Å². The fourth-order valence-corrected chi connectivity index (χ4v) is 4.89. The van der Waals surface area contributed by atoms with E-state index in [-0.39, 0.29) is 17.2 Å². The number of hydrogen-bond acceptors (Lipinski definition) is 5. The molecular weight excluding hydrogens is 447 g/mol. The minimum Gasteiger partial charge on any atom is -0.489 e. The first-order valence-corrected chi connectivity index (χ1v) is 11.2.